The molecular formula is C13H18Cl2N2O3. The molecule has 0 atom stereocenters. The average Bonchev–Trinajstić information content (AvgIpc) is 2.72. The van der Waals surface area contributed by atoms with Gasteiger partial charge in [-0.3, -0.25) is 4.79 Å². The number of hydrogen-bond acceptors (Lipinski definition) is 3. The molecule has 1 aromatic rings. The largest absolute Gasteiger partial charge is 0.394 e. The summed E-state index contributed by atoms with van der Waals surface area (Å²) in [7, 11) is 1.72. The monoisotopic (exact) mass is 320 g/mol. The second-order valence-corrected chi connectivity index (χ2v) is 5.58. The molecule has 1 aliphatic heterocycles. The Morgan fingerprint density at radius 3 is 2.60 bits per heavy atom. The summed E-state index contributed by atoms with van der Waals surface area (Å²) in [5.41, 5.74) is 0.495. The number of rotatable bonds is 4. The summed E-state index contributed by atoms with van der Waals surface area (Å²) in [6.45, 7) is 1.64. The number of likely N-dealkylation sites (tertiary alicyclic amines) is 1. The summed E-state index contributed by atoms with van der Waals surface area (Å²) in [6.07, 6.45) is 1.67. The van der Waals surface area contributed by atoms with Crippen LogP contribution in [0.5, 0.6) is 0 Å². The Bertz CT molecular complexity index is 482. The molecule has 1 aliphatic rings. The van der Waals surface area contributed by atoms with Crippen molar-refractivity contribution >= 4 is 29.1 Å². The van der Waals surface area contributed by atoms with Gasteiger partial charge in [0, 0.05) is 20.1 Å². The van der Waals surface area contributed by atoms with Crippen LogP contribution in [0.2, 0.25) is 10.2 Å². The Morgan fingerprint density at radius 1 is 1.45 bits per heavy atom. The van der Waals surface area contributed by atoms with Crippen LogP contribution >= 0.6 is 23.2 Å². The molecule has 0 bridgehead atoms. The summed E-state index contributed by atoms with van der Waals surface area (Å²) in [5.74, 6) is -0.0677. The fourth-order valence-corrected chi connectivity index (χ4v) is 2.73. The van der Waals surface area contributed by atoms with E-state index in [1.54, 1.807) is 22.6 Å². The van der Waals surface area contributed by atoms with E-state index in [1.165, 1.54) is 0 Å². The van der Waals surface area contributed by atoms with Gasteiger partial charge in [-0.1, -0.05) is 23.2 Å². The summed E-state index contributed by atoms with van der Waals surface area (Å²) in [6, 6.07) is 1.60. The predicted molar refractivity (Wildman–Crippen MR) is 77.4 cm³/mol. The maximum Gasteiger partial charge on any atom is 0.270 e. The molecule has 7 heteroatoms. The number of hydrogen-bond donors (Lipinski definition) is 1. The van der Waals surface area contributed by atoms with E-state index in [0.717, 1.165) is 12.8 Å². The molecule has 1 saturated heterocycles. The number of halogens is 2. The number of aliphatic hydroxyl groups excluding tert-OH is 1. The van der Waals surface area contributed by atoms with Gasteiger partial charge in [-0.2, -0.15) is 0 Å². The highest BCUT2D eigenvalue weighted by Crippen LogP contribution is 2.26. The Morgan fingerprint density at radius 2 is 2.10 bits per heavy atom. The third-order valence-corrected chi connectivity index (χ3v) is 4.35. The third-order valence-electron chi connectivity index (χ3n) is 3.51. The predicted octanol–water partition coefficient (Wildman–Crippen LogP) is 1.95. The van der Waals surface area contributed by atoms with Crippen molar-refractivity contribution in [2.24, 2.45) is 7.05 Å². The van der Waals surface area contributed by atoms with Gasteiger partial charge in [-0.15, -0.1) is 0 Å². The van der Waals surface area contributed by atoms with Crippen LogP contribution in [0.25, 0.3) is 0 Å². The lowest BCUT2D eigenvalue weighted by Gasteiger charge is -2.31. The smallest absolute Gasteiger partial charge is 0.270 e. The molecular weight excluding hydrogens is 303 g/mol. The molecule has 2 rings (SSSR count). The van der Waals surface area contributed by atoms with E-state index >= 15 is 0 Å². The van der Waals surface area contributed by atoms with Crippen molar-refractivity contribution in [2.45, 2.75) is 18.9 Å². The Labute approximate surface area is 128 Å². The molecule has 0 unspecified atom stereocenters. The summed E-state index contributed by atoms with van der Waals surface area (Å²) in [4.78, 5) is 14.2. The highest BCUT2D eigenvalue weighted by molar-refractivity contribution is 6.41. The fraction of sp³-hybridized carbons (Fsp3) is 0.615. The van der Waals surface area contributed by atoms with Crippen LogP contribution in [0, 0.1) is 0 Å². The first-order valence-corrected chi connectivity index (χ1v) is 7.32. The number of piperidine rings is 1. The van der Waals surface area contributed by atoms with Gasteiger partial charge in [0.05, 0.1) is 24.3 Å². The van der Waals surface area contributed by atoms with Gasteiger partial charge in [0.25, 0.3) is 5.91 Å². The van der Waals surface area contributed by atoms with Gasteiger partial charge >= 0.3 is 0 Å². The maximum atomic E-state index is 12.4. The second kappa shape index (κ2) is 6.80. The number of carbonyl (C=O) groups is 1. The lowest BCUT2D eigenvalue weighted by Crippen LogP contribution is -2.41. The van der Waals surface area contributed by atoms with E-state index in [2.05, 4.69) is 0 Å². The molecule has 1 aromatic heterocycles. The van der Waals surface area contributed by atoms with Crippen molar-refractivity contribution in [3.05, 3.63) is 21.9 Å². The van der Waals surface area contributed by atoms with Gasteiger partial charge in [-0.25, -0.2) is 0 Å². The lowest BCUT2D eigenvalue weighted by atomic mass is 10.1. The van der Waals surface area contributed by atoms with Gasteiger partial charge in [0.2, 0.25) is 0 Å². The first-order valence-electron chi connectivity index (χ1n) is 6.57. The maximum absolute atomic E-state index is 12.4. The minimum absolute atomic E-state index is 0.0273. The molecule has 1 N–H and O–H groups in total. The average molecular weight is 321 g/mol. The molecule has 0 radical (unpaired) electrons. The molecule has 0 aliphatic carbocycles. The van der Waals surface area contributed by atoms with Crippen LogP contribution in [0.4, 0.5) is 0 Å². The molecule has 1 amide bonds. The Kier molecular flexibility index (Phi) is 5.32. The highest BCUT2D eigenvalue weighted by atomic mass is 35.5. The van der Waals surface area contributed by atoms with E-state index in [9.17, 15) is 4.79 Å². The van der Waals surface area contributed by atoms with E-state index in [4.69, 9.17) is 33.0 Å². The zero-order chi connectivity index (χ0) is 14.7. The quantitative estimate of drug-likeness (QED) is 0.922. The minimum atomic E-state index is -0.0677. The van der Waals surface area contributed by atoms with E-state index in [-0.39, 0.29) is 18.6 Å². The molecule has 112 valence electrons. The van der Waals surface area contributed by atoms with Crippen LogP contribution in [-0.2, 0) is 11.8 Å². The number of ether oxygens (including phenoxy) is 1. The molecule has 20 heavy (non-hydrogen) atoms. The van der Waals surface area contributed by atoms with Crippen molar-refractivity contribution < 1.29 is 14.6 Å². The number of carbonyl (C=O) groups excluding carboxylic acids is 1. The van der Waals surface area contributed by atoms with Crippen LogP contribution in [0.15, 0.2) is 6.07 Å². The Hall–Kier alpha value is -0.750. The van der Waals surface area contributed by atoms with E-state index in [0.29, 0.717) is 35.6 Å². The standard InChI is InChI=1S/C13H18Cl2N2O3/c1-16-11(8-10(14)12(16)15)13(19)17-4-2-9(3-5-17)20-7-6-18/h8-9,18H,2-7H2,1H3. The van der Waals surface area contributed by atoms with Crippen molar-refractivity contribution in [3.8, 4) is 0 Å². The van der Waals surface area contributed by atoms with Crippen LogP contribution in [-0.4, -0.2) is 52.9 Å². The summed E-state index contributed by atoms with van der Waals surface area (Å²) < 4.78 is 7.08. The number of amides is 1. The van der Waals surface area contributed by atoms with Crippen LogP contribution < -0.4 is 0 Å². The molecule has 2 heterocycles. The van der Waals surface area contributed by atoms with Gasteiger partial charge < -0.3 is 19.3 Å². The van der Waals surface area contributed by atoms with E-state index in [1.807, 2.05) is 0 Å². The molecule has 5 nitrogen and oxygen atoms in total. The fourth-order valence-electron chi connectivity index (χ4n) is 2.35. The van der Waals surface area contributed by atoms with Crippen LogP contribution in [0.1, 0.15) is 23.3 Å². The topological polar surface area (TPSA) is 54.7 Å². The second-order valence-electron chi connectivity index (χ2n) is 4.81. The minimum Gasteiger partial charge on any atom is -0.394 e. The SMILES string of the molecule is Cn1c(C(=O)N2CCC(OCCO)CC2)cc(Cl)c1Cl. The van der Waals surface area contributed by atoms with Crippen molar-refractivity contribution in [1.29, 1.82) is 0 Å². The zero-order valence-electron chi connectivity index (χ0n) is 11.3. The van der Waals surface area contributed by atoms with Gasteiger partial charge in [0.15, 0.2) is 0 Å². The van der Waals surface area contributed by atoms with Crippen molar-refractivity contribution in [2.75, 3.05) is 26.3 Å². The molecule has 1 fully saturated rings. The van der Waals surface area contributed by atoms with Crippen molar-refractivity contribution in [3.63, 3.8) is 0 Å². The van der Waals surface area contributed by atoms with Crippen molar-refractivity contribution in [1.82, 2.24) is 9.47 Å². The number of aromatic nitrogens is 1. The number of nitrogens with zero attached hydrogens (tertiary/aromatic N) is 2. The number of aliphatic hydroxyl groups is 1. The molecule has 0 saturated carbocycles. The van der Waals surface area contributed by atoms with Gasteiger partial charge in [0.1, 0.15) is 10.8 Å². The zero-order valence-corrected chi connectivity index (χ0v) is 12.8. The molecule has 0 spiro atoms. The summed E-state index contributed by atoms with van der Waals surface area (Å²) in [5, 5.41) is 9.49. The first kappa shape index (κ1) is 15.6. The molecule has 0 aromatic carbocycles. The highest BCUT2D eigenvalue weighted by Gasteiger charge is 2.26. The van der Waals surface area contributed by atoms with Gasteiger partial charge in [-0.05, 0) is 18.9 Å². The normalized spacial score (nSPS) is 16.7. The first-order chi connectivity index (χ1) is 9.54. The summed E-state index contributed by atoms with van der Waals surface area (Å²) >= 11 is 11.9. The third kappa shape index (κ3) is 3.28. The van der Waals surface area contributed by atoms with E-state index < -0.39 is 0 Å². The Balaban J connectivity index is 1.96. The van der Waals surface area contributed by atoms with Crippen LogP contribution in [0.3, 0.4) is 0 Å². The lowest BCUT2D eigenvalue weighted by molar-refractivity contribution is -0.00570.